The predicted octanol–water partition coefficient (Wildman–Crippen LogP) is 2.79. The molecule has 1 atom stereocenters. The average molecular weight is 523 g/mol. The second-order valence-corrected chi connectivity index (χ2v) is 10.4. The van der Waals surface area contributed by atoms with E-state index in [2.05, 4.69) is 0 Å². The van der Waals surface area contributed by atoms with Gasteiger partial charge in [-0.2, -0.15) is 4.31 Å². The minimum atomic E-state index is -3.90. The van der Waals surface area contributed by atoms with E-state index in [0.29, 0.717) is 48.9 Å². The molecule has 1 amide bonds. The molecule has 1 fully saturated rings. The van der Waals surface area contributed by atoms with E-state index in [1.165, 1.54) is 45.9 Å². The third kappa shape index (κ3) is 5.62. The van der Waals surface area contributed by atoms with E-state index in [0.717, 1.165) is 5.56 Å². The fourth-order valence-electron chi connectivity index (χ4n) is 4.38. The van der Waals surface area contributed by atoms with Gasteiger partial charge in [-0.1, -0.05) is 0 Å². The molecule has 0 aliphatic carbocycles. The highest BCUT2D eigenvalue weighted by Gasteiger charge is 2.36. The van der Waals surface area contributed by atoms with Crippen LogP contribution in [-0.2, 0) is 21.4 Å². The van der Waals surface area contributed by atoms with Gasteiger partial charge in [0.2, 0.25) is 21.7 Å². The molecule has 36 heavy (non-hydrogen) atoms. The minimum Gasteiger partial charge on any atom is -0.497 e. The quantitative estimate of drug-likeness (QED) is 0.469. The highest BCUT2D eigenvalue weighted by molar-refractivity contribution is 7.89. The maximum absolute atomic E-state index is 13.5. The molecule has 2 aromatic carbocycles. The molecule has 0 aromatic heterocycles. The Morgan fingerprint density at radius 1 is 0.944 bits per heavy atom. The summed E-state index contributed by atoms with van der Waals surface area (Å²) in [6.07, 6.45) is 1.17. The summed E-state index contributed by atoms with van der Waals surface area (Å²) >= 11 is 0. The van der Waals surface area contributed by atoms with Gasteiger partial charge in [0.05, 0.1) is 41.5 Å². The molecule has 1 heterocycles. The van der Waals surface area contributed by atoms with E-state index >= 15 is 0 Å². The fraction of sp³-hybridized carbons (Fsp3) is 0.480. The third-order valence-electron chi connectivity index (χ3n) is 6.24. The number of hydrogen-bond acceptors (Lipinski definition) is 8. The summed E-state index contributed by atoms with van der Waals surface area (Å²) in [5.74, 6) is 1.48. The van der Waals surface area contributed by atoms with Crippen molar-refractivity contribution in [3.8, 4) is 28.7 Å². The zero-order valence-corrected chi connectivity index (χ0v) is 22.4. The van der Waals surface area contributed by atoms with E-state index < -0.39 is 15.9 Å². The summed E-state index contributed by atoms with van der Waals surface area (Å²) < 4.78 is 55.0. The normalized spacial score (nSPS) is 16.2. The first-order valence-corrected chi connectivity index (χ1v) is 12.9. The SMILES string of the molecule is COc1ccc(OC)c(S(=O)(=O)N2CCCC(C(=O)N(C)Cc3cc(OC)c(OC)c(OC)c3)C2)c1. The predicted molar refractivity (Wildman–Crippen MR) is 134 cm³/mol. The maximum Gasteiger partial charge on any atom is 0.246 e. The van der Waals surface area contributed by atoms with Gasteiger partial charge in [0, 0.05) is 32.7 Å². The molecule has 1 unspecified atom stereocenters. The van der Waals surface area contributed by atoms with E-state index in [1.807, 2.05) is 0 Å². The van der Waals surface area contributed by atoms with Crippen molar-refractivity contribution in [3.05, 3.63) is 35.9 Å². The van der Waals surface area contributed by atoms with Gasteiger partial charge in [-0.25, -0.2) is 8.42 Å². The number of benzene rings is 2. The Bertz CT molecular complexity index is 1160. The molecule has 2 aromatic rings. The first kappa shape index (κ1) is 27.4. The van der Waals surface area contributed by atoms with Crippen LogP contribution in [0.2, 0.25) is 0 Å². The zero-order chi connectivity index (χ0) is 26.5. The van der Waals surface area contributed by atoms with Gasteiger partial charge in [0.1, 0.15) is 16.4 Å². The lowest BCUT2D eigenvalue weighted by molar-refractivity contribution is -0.135. The number of methoxy groups -OCH3 is 5. The molecule has 0 radical (unpaired) electrons. The van der Waals surface area contributed by atoms with Crippen LogP contribution in [0.25, 0.3) is 0 Å². The zero-order valence-electron chi connectivity index (χ0n) is 21.6. The Morgan fingerprint density at radius 3 is 2.14 bits per heavy atom. The summed E-state index contributed by atoms with van der Waals surface area (Å²) in [5, 5.41) is 0. The van der Waals surface area contributed by atoms with Gasteiger partial charge in [-0.15, -0.1) is 0 Å². The number of piperidine rings is 1. The minimum absolute atomic E-state index is 0.0169. The molecule has 11 heteroatoms. The second kappa shape index (κ2) is 11.7. The van der Waals surface area contributed by atoms with E-state index in [4.69, 9.17) is 23.7 Å². The lowest BCUT2D eigenvalue weighted by Crippen LogP contribution is -2.45. The molecule has 0 saturated carbocycles. The average Bonchev–Trinajstić information content (AvgIpc) is 2.91. The third-order valence-corrected chi connectivity index (χ3v) is 8.13. The molecule has 3 rings (SSSR count). The number of carbonyl (C=O) groups is 1. The van der Waals surface area contributed by atoms with Crippen molar-refractivity contribution in [2.24, 2.45) is 5.92 Å². The molecule has 1 aliphatic heterocycles. The molecule has 0 N–H and O–H groups in total. The molecule has 198 valence electrons. The number of rotatable bonds is 10. The Hall–Kier alpha value is -3.18. The summed E-state index contributed by atoms with van der Waals surface area (Å²) in [7, 11) is 5.27. The number of amides is 1. The van der Waals surface area contributed by atoms with Gasteiger partial charge < -0.3 is 28.6 Å². The van der Waals surface area contributed by atoms with Crippen molar-refractivity contribution in [1.82, 2.24) is 9.21 Å². The number of nitrogens with zero attached hydrogens (tertiary/aromatic N) is 2. The van der Waals surface area contributed by atoms with Crippen molar-refractivity contribution < 1.29 is 36.9 Å². The summed E-state index contributed by atoms with van der Waals surface area (Å²) in [5.41, 5.74) is 0.793. The Kier molecular flexibility index (Phi) is 8.91. The highest BCUT2D eigenvalue weighted by atomic mass is 32.2. The molecular weight excluding hydrogens is 488 g/mol. The maximum atomic E-state index is 13.5. The molecule has 0 bridgehead atoms. The fourth-order valence-corrected chi connectivity index (χ4v) is 6.07. The van der Waals surface area contributed by atoms with Crippen molar-refractivity contribution in [2.75, 3.05) is 55.7 Å². The van der Waals surface area contributed by atoms with E-state index in [9.17, 15) is 13.2 Å². The van der Waals surface area contributed by atoms with Crippen LogP contribution in [0.3, 0.4) is 0 Å². The van der Waals surface area contributed by atoms with Gasteiger partial charge >= 0.3 is 0 Å². The monoisotopic (exact) mass is 522 g/mol. The first-order chi connectivity index (χ1) is 17.2. The Balaban J connectivity index is 1.79. The Morgan fingerprint density at radius 2 is 1.58 bits per heavy atom. The lowest BCUT2D eigenvalue weighted by Gasteiger charge is -2.33. The van der Waals surface area contributed by atoms with Crippen LogP contribution in [0.5, 0.6) is 28.7 Å². The summed E-state index contributed by atoms with van der Waals surface area (Å²) in [4.78, 5) is 14.9. The number of ether oxygens (including phenoxy) is 5. The molecule has 1 saturated heterocycles. The Labute approximate surface area is 212 Å². The second-order valence-electron chi connectivity index (χ2n) is 8.45. The summed E-state index contributed by atoms with van der Waals surface area (Å²) in [6.45, 7) is 0.701. The summed E-state index contributed by atoms with van der Waals surface area (Å²) in [6, 6.07) is 8.22. The van der Waals surface area contributed by atoms with Crippen molar-refractivity contribution in [1.29, 1.82) is 0 Å². The van der Waals surface area contributed by atoms with Gasteiger partial charge in [-0.3, -0.25) is 4.79 Å². The van der Waals surface area contributed by atoms with Crippen LogP contribution in [0.1, 0.15) is 18.4 Å². The van der Waals surface area contributed by atoms with Gasteiger partial charge in [-0.05, 0) is 42.7 Å². The number of hydrogen-bond donors (Lipinski definition) is 0. The van der Waals surface area contributed by atoms with Crippen molar-refractivity contribution in [3.63, 3.8) is 0 Å². The standard InChI is InChI=1S/C25H34N2O8S/c1-26(15-17-12-21(33-4)24(35-6)22(13-17)34-5)25(28)18-8-7-11-27(16-18)36(29,30)23-14-19(31-2)9-10-20(23)32-3/h9-10,12-14,18H,7-8,11,15-16H2,1-6H3. The lowest BCUT2D eigenvalue weighted by atomic mass is 9.98. The van der Waals surface area contributed by atoms with E-state index in [1.54, 1.807) is 36.2 Å². The first-order valence-electron chi connectivity index (χ1n) is 11.5. The van der Waals surface area contributed by atoms with Crippen LogP contribution in [-0.4, -0.2) is 79.2 Å². The highest BCUT2D eigenvalue weighted by Crippen LogP contribution is 2.38. The van der Waals surface area contributed by atoms with Crippen molar-refractivity contribution in [2.45, 2.75) is 24.3 Å². The van der Waals surface area contributed by atoms with Crippen LogP contribution >= 0.6 is 0 Å². The number of sulfonamides is 1. The molecule has 1 aliphatic rings. The van der Waals surface area contributed by atoms with Gasteiger partial charge in [0.15, 0.2) is 11.5 Å². The molecule has 10 nitrogen and oxygen atoms in total. The molecular formula is C25H34N2O8S. The molecule has 0 spiro atoms. The van der Waals surface area contributed by atoms with Crippen LogP contribution in [0.15, 0.2) is 35.2 Å². The van der Waals surface area contributed by atoms with Crippen LogP contribution in [0.4, 0.5) is 0 Å². The smallest absolute Gasteiger partial charge is 0.246 e. The van der Waals surface area contributed by atoms with Crippen LogP contribution in [0, 0.1) is 5.92 Å². The van der Waals surface area contributed by atoms with E-state index in [-0.39, 0.29) is 23.1 Å². The number of carbonyl (C=O) groups excluding carboxylic acids is 1. The van der Waals surface area contributed by atoms with Gasteiger partial charge in [0.25, 0.3) is 0 Å². The van der Waals surface area contributed by atoms with Crippen LogP contribution < -0.4 is 23.7 Å². The largest absolute Gasteiger partial charge is 0.497 e. The topological polar surface area (TPSA) is 104 Å². The van der Waals surface area contributed by atoms with Crippen molar-refractivity contribution >= 4 is 15.9 Å².